The maximum atomic E-state index is 11.7. The SMILES string of the molecule is CCOC(=O)c1ccc(Nc2ccnc(Nc3ccc(OC)c(OC)c3)n2)cc1. The normalized spacial score (nSPS) is 10.2. The third-order valence-corrected chi connectivity index (χ3v) is 3.96. The van der Waals surface area contributed by atoms with E-state index in [-0.39, 0.29) is 5.97 Å². The fourth-order valence-electron chi connectivity index (χ4n) is 2.58. The molecule has 0 fully saturated rings. The molecule has 3 rings (SSSR count). The summed E-state index contributed by atoms with van der Waals surface area (Å²) in [5, 5.41) is 6.32. The van der Waals surface area contributed by atoms with E-state index in [1.54, 1.807) is 69.8 Å². The maximum Gasteiger partial charge on any atom is 0.338 e. The molecule has 0 aliphatic carbocycles. The lowest BCUT2D eigenvalue weighted by Crippen LogP contribution is -2.04. The Bertz CT molecular complexity index is 977. The molecule has 1 aromatic heterocycles. The highest BCUT2D eigenvalue weighted by Crippen LogP contribution is 2.30. The van der Waals surface area contributed by atoms with E-state index < -0.39 is 0 Å². The minimum atomic E-state index is -0.345. The second-order valence-electron chi connectivity index (χ2n) is 5.88. The predicted molar refractivity (Wildman–Crippen MR) is 111 cm³/mol. The van der Waals surface area contributed by atoms with Crippen molar-refractivity contribution in [1.29, 1.82) is 0 Å². The van der Waals surface area contributed by atoms with Crippen molar-refractivity contribution in [2.45, 2.75) is 6.92 Å². The van der Waals surface area contributed by atoms with E-state index in [9.17, 15) is 4.79 Å². The van der Waals surface area contributed by atoms with E-state index in [1.165, 1.54) is 0 Å². The number of hydrogen-bond donors (Lipinski definition) is 2. The number of nitrogens with zero attached hydrogens (tertiary/aromatic N) is 2. The van der Waals surface area contributed by atoms with Crippen molar-refractivity contribution in [1.82, 2.24) is 9.97 Å². The van der Waals surface area contributed by atoms with Crippen LogP contribution in [0.15, 0.2) is 54.7 Å². The first-order valence-corrected chi connectivity index (χ1v) is 8.99. The molecule has 2 aromatic carbocycles. The van der Waals surface area contributed by atoms with Crippen molar-refractivity contribution in [2.24, 2.45) is 0 Å². The Morgan fingerprint density at radius 1 is 0.931 bits per heavy atom. The summed E-state index contributed by atoms with van der Waals surface area (Å²) in [5.41, 5.74) is 2.04. The maximum absolute atomic E-state index is 11.7. The lowest BCUT2D eigenvalue weighted by atomic mass is 10.2. The van der Waals surface area contributed by atoms with Crippen molar-refractivity contribution in [3.05, 3.63) is 60.3 Å². The van der Waals surface area contributed by atoms with Gasteiger partial charge in [0.05, 0.1) is 26.4 Å². The summed E-state index contributed by atoms with van der Waals surface area (Å²) in [6, 6.07) is 14.2. The van der Waals surface area contributed by atoms with E-state index >= 15 is 0 Å². The first-order chi connectivity index (χ1) is 14.1. The molecular formula is C21H22N4O4. The summed E-state index contributed by atoms with van der Waals surface area (Å²) in [7, 11) is 3.17. The Hall–Kier alpha value is -3.81. The summed E-state index contributed by atoms with van der Waals surface area (Å²) in [5.74, 6) is 1.92. The van der Waals surface area contributed by atoms with Crippen LogP contribution in [0.5, 0.6) is 11.5 Å². The lowest BCUT2D eigenvalue weighted by molar-refractivity contribution is 0.0526. The molecule has 0 atom stereocenters. The average molecular weight is 394 g/mol. The van der Waals surface area contributed by atoms with Crippen LogP contribution in [-0.2, 0) is 4.74 Å². The van der Waals surface area contributed by atoms with Gasteiger partial charge in [-0.15, -0.1) is 0 Å². The molecule has 0 aliphatic heterocycles. The predicted octanol–water partition coefficient (Wildman–Crippen LogP) is 4.16. The Morgan fingerprint density at radius 3 is 2.34 bits per heavy atom. The van der Waals surface area contributed by atoms with Gasteiger partial charge in [-0.1, -0.05) is 0 Å². The third kappa shape index (κ3) is 5.13. The number of rotatable bonds is 8. The number of hydrogen-bond acceptors (Lipinski definition) is 8. The van der Waals surface area contributed by atoms with Crippen molar-refractivity contribution >= 4 is 29.1 Å². The molecule has 0 radical (unpaired) electrons. The zero-order chi connectivity index (χ0) is 20.6. The number of carbonyl (C=O) groups excluding carboxylic acids is 1. The van der Waals surface area contributed by atoms with Gasteiger partial charge < -0.3 is 24.8 Å². The zero-order valence-corrected chi connectivity index (χ0v) is 16.4. The van der Waals surface area contributed by atoms with Crippen LogP contribution in [0.2, 0.25) is 0 Å². The molecule has 8 heteroatoms. The topological polar surface area (TPSA) is 94.6 Å². The summed E-state index contributed by atoms with van der Waals surface area (Å²) in [6.45, 7) is 2.12. The van der Waals surface area contributed by atoms with Crippen molar-refractivity contribution in [2.75, 3.05) is 31.5 Å². The van der Waals surface area contributed by atoms with Gasteiger partial charge in [-0.05, 0) is 49.4 Å². The molecule has 1 heterocycles. The van der Waals surface area contributed by atoms with Crippen molar-refractivity contribution < 1.29 is 19.0 Å². The number of aromatic nitrogens is 2. The number of esters is 1. The monoisotopic (exact) mass is 394 g/mol. The molecule has 0 saturated heterocycles. The first kappa shape index (κ1) is 19.9. The third-order valence-electron chi connectivity index (χ3n) is 3.96. The van der Waals surface area contributed by atoms with Crippen LogP contribution in [0.1, 0.15) is 17.3 Å². The highest BCUT2D eigenvalue weighted by molar-refractivity contribution is 5.89. The van der Waals surface area contributed by atoms with Gasteiger partial charge in [0.25, 0.3) is 0 Å². The molecule has 0 spiro atoms. The van der Waals surface area contributed by atoms with Crippen molar-refractivity contribution in [3.63, 3.8) is 0 Å². The average Bonchev–Trinajstić information content (AvgIpc) is 2.74. The van der Waals surface area contributed by atoms with Crippen LogP contribution in [0.4, 0.5) is 23.1 Å². The molecule has 0 saturated carbocycles. The van der Waals surface area contributed by atoms with Gasteiger partial charge in [0.1, 0.15) is 5.82 Å². The van der Waals surface area contributed by atoms with Gasteiger partial charge in [0.2, 0.25) is 5.95 Å². The molecule has 150 valence electrons. The van der Waals surface area contributed by atoms with Gasteiger partial charge in [-0.3, -0.25) is 0 Å². The van der Waals surface area contributed by atoms with Crippen LogP contribution in [-0.4, -0.2) is 36.8 Å². The first-order valence-electron chi connectivity index (χ1n) is 8.99. The molecule has 0 unspecified atom stereocenters. The number of benzene rings is 2. The molecule has 0 bridgehead atoms. The van der Waals surface area contributed by atoms with E-state index in [2.05, 4.69) is 20.6 Å². The summed E-state index contributed by atoms with van der Waals surface area (Å²) in [4.78, 5) is 20.4. The highest BCUT2D eigenvalue weighted by Gasteiger charge is 2.08. The van der Waals surface area contributed by atoms with Gasteiger partial charge in [-0.25, -0.2) is 9.78 Å². The Kier molecular flexibility index (Phi) is 6.47. The Balaban J connectivity index is 1.70. The van der Waals surface area contributed by atoms with Crippen LogP contribution in [0, 0.1) is 0 Å². The molecule has 29 heavy (non-hydrogen) atoms. The molecule has 2 N–H and O–H groups in total. The minimum absolute atomic E-state index is 0.343. The smallest absolute Gasteiger partial charge is 0.338 e. The number of ether oxygens (including phenoxy) is 3. The Morgan fingerprint density at radius 2 is 1.66 bits per heavy atom. The standard InChI is InChI=1S/C21H22N4O4/c1-4-29-20(26)14-5-7-15(8-6-14)23-19-11-12-22-21(25-19)24-16-9-10-17(27-2)18(13-16)28-3/h5-13H,4H2,1-3H3,(H2,22,23,24,25). The number of anilines is 4. The molecular weight excluding hydrogens is 372 g/mol. The molecule has 8 nitrogen and oxygen atoms in total. The fourth-order valence-corrected chi connectivity index (χ4v) is 2.58. The second kappa shape index (κ2) is 9.41. The van der Waals surface area contributed by atoms with E-state index in [0.29, 0.717) is 35.4 Å². The van der Waals surface area contributed by atoms with Gasteiger partial charge in [0.15, 0.2) is 11.5 Å². The minimum Gasteiger partial charge on any atom is -0.493 e. The number of carbonyl (C=O) groups is 1. The molecule has 3 aromatic rings. The lowest BCUT2D eigenvalue weighted by Gasteiger charge is -2.11. The van der Waals surface area contributed by atoms with Gasteiger partial charge in [0, 0.05) is 23.6 Å². The van der Waals surface area contributed by atoms with Crippen LogP contribution in [0.25, 0.3) is 0 Å². The molecule has 0 amide bonds. The largest absolute Gasteiger partial charge is 0.493 e. The zero-order valence-electron chi connectivity index (χ0n) is 16.4. The van der Waals surface area contributed by atoms with Gasteiger partial charge in [-0.2, -0.15) is 4.98 Å². The van der Waals surface area contributed by atoms with Crippen LogP contribution < -0.4 is 20.1 Å². The van der Waals surface area contributed by atoms with Gasteiger partial charge >= 0.3 is 5.97 Å². The Labute approximate surface area is 168 Å². The fraction of sp³-hybridized carbons (Fsp3) is 0.190. The summed E-state index contributed by atoms with van der Waals surface area (Å²) >= 11 is 0. The van der Waals surface area contributed by atoms with E-state index in [1.807, 2.05) is 6.07 Å². The molecule has 0 aliphatic rings. The van der Waals surface area contributed by atoms with E-state index in [4.69, 9.17) is 14.2 Å². The van der Waals surface area contributed by atoms with Crippen LogP contribution in [0.3, 0.4) is 0 Å². The number of methoxy groups -OCH3 is 2. The van der Waals surface area contributed by atoms with Crippen molar-refractivity contribution in [3.8, 4) is 11.5 Å². The second-order valence-corrected chi connectivity index (χ2v) is 5.88. The summed E-state index contributed by atoms with van der Waals surface area (Å²) in [6.07, 6.45) is 1.64. The summed E-state index contributed by atoms with van der Waals surface area (Å²) < 4.78 is 15.5. The van der Waals surface area contributed by atoms with E-state index in [0.717, 1.165) is 11.4 Å². The number of nitrogens with one attached hydrogen (secondary N) is 2. The van der Waals surface area contributed by atoms with Crippen LogP contribution >= 0.6 is 0 Å². The highest BCUT2D eigenvalue weighted by atomic mass is 16.5. The quantitative estimate of drug-likeness (QED) is 0.550.